The minimum Gasteiger partial charge on any atom is -0.331 e. The molecule has 0 aliphatic carbocycles. The Hall–Kier alpha value is -3.62. The van der Waals surface area contributed by atoms with Gasteiger partial charge in [0.25, 0.3) is 0 Å². The van der Waals surface area contributed by atoms with E-state index < -0.39 is 5.92 Å². The molecule has 0 unspecified atom stereocenters. The van der Waals surface area contributed by atoms with Crippen LogP contribution in [0.5, 0.6) is 0 Å². The van der Waals surface area contributed by atoms with Crippen LogP contribution in [-0.4, -0.2) is 55.6 Å². The second kappa shape index (κ2) is 8.14. The third-order valence-corrected chi connectivity index (χ3v) is 6.32. The Labute approximate surface area is 183 Å². The fourth-order valence-electron chi connectivity index (χ4n) is 4.71. The average molecular weight is 437 g/mol. The summed E-state index contributed by atoms with van der Waals surface area (Å²) in [5.74, 6) is -1.19. The number of β-lactam (4-membered cyclic amide) rings is 1. The van der Waals surface area contributed by atoms with Gasteiger partial charge in [-0.25, -0.2) is 18.6 Å². The zero-order valence-electron chi connectivity index (χ0n) is 17.1. The van der Waals surface area contributed by atoms with Crippen LogP contribution in [-0.2, 0) is 4.79 Å². The molecule has 0 spiro atoms. The molecule has 0 saturated carbocycles. The Morgan fingerprint density at radius 3 is 2.06 bits per heavy atom. The third kappa shape index (κ3) is 3.53. The first kappa shape index (κ1) is 20.3. The Morgan fingerprint density at radius 2 is 1.50 bits per heavy atom. The monoisotopic (exact) mass is 437 g/mol. The van der Waals surface area contributed by atoms with E-state index >= 15 is 0 Å². The lowest BCUT2D eigenvalue weighted by atomic mass is 9.76. The zero-order chi connectivity index (χ0) is 22.2. The molecule has 2 fully saturated rings. The number of rotatable bonds is 3. The van der Waals surface area contributed by atoms with Gasteiger partial charge in [0, 0.05) is 19.1 Å². The van der Waals surface area contributed by atoms with E-state index in [1.165, 1.54) is 41.6 Å². The van der Waals surface area contributed by atoms with Crippen LogP contribution in [0.4, 0.5) is 13.6 Å². The first-order valence-corrected chi connectivity index (χ1v) is 10.5. The highest BCUT2D eigenvalue weighted by Crippen LogP contribution is 2.49. The van der Waals surface area contributed by atoms with Crippen molar-refractivity contribution in [1.29, 1.82) is 0 Å². The van der Waals surface area contributed by atoms with Crippen molar-refractivity contribution >= 4 is 11.9 Å². The highest BCUT2D eigenvalue weighted by molar-refractivity contribution is 5.92. The molecule has 5 rings (SSSR count). The first-order chi connectivity index (χ1) is 15.5. The second-order valence-electron chi connectivity index (χ2n) is 8.11. The van der Waals surface area contributed by atoms with Gasteiger partial charge in [0.2, 0.25) is 5.91 Å². The van der Waals surface area contributed by atoms with Gasteiger partial charge in [-0.15, -0.1) is 0 Å². The summed E-state index contributed by atoms with van der Waals surface area (Å²) in [6.45, 7) is 0.981. The van der Waals surface area contributed by atoms with Gasteiger partial charge in [0.1, 0.15) is 24.3 Å². The number of carbonyl (C=O) groups is 2. The standard InChI is InChI=1S/C23H21F2N5O2/c24-17-5-1-15(2-6-17)20-21(16-3-7-18(25)8-4-16)30(22(20)31)19-9-11-28(12-10-19)23(32)29-14-26-13-27-29/h1-8,13-14,19-21H,9-12H2/t20-,21-/m1/s1. The smallest absolute Gasteiger partial charge is 0.331 e. The van der Waals surface area contributed by atoms with Crippen molar-refractivity contribution in [2.45, 2.75) is 30.8 Å². The molecule has 0 bridgehead atoms. The van der Waals surface area contributed by atoms with Crippen LogP contribution in [0.1, 0.15) is 35.9 Å². The number of amides is 2. The summed E-state index contributed by atoms with van der Waals surface area (Å²) >= 11 is 0. The average Bonchev–Trinajstić information content (AvgIpc) is 3.35. The van der Waals surface area contributed by atoms with Crippen molar-refractivity contribution in [2.24, 2.45) is 0 Å². The maximum Gasteiger partial charge on any atom is 0.346 e. The van der Waals surface area contributed by atoms with Crippen molar-refractivity contribution in [3.8, 4) is 0 Å². The largest absolute Gasteiger partial charge is 0.346 e. The lowest BCUT2D eigenvalue weighted by Gasteiger charge is -2.53. The summed E-state index contributed by atoms with van der Waals surface area (Å²) in [7, 11) is 0. The number of hydrogen-bond acceptors (Lipinski definition) is 4. The fraction of sp³-hybridized carbons (Fsp3) is 0.304. The van der Waals surface area contributed by atoms with Gasteiger partial charge in [0.15, 0.2) is 0 Å². The van der Waals surface area contributed by atoms with Gasteiger partial charge in [-0.2, -0.15) is 9.78 Å². The molecule has 2 atom stereocenters. The number of piperidine rings is 1. The molecule has 2 saturated heterocycles. The highest BCUT2D eigenvalue weighted by atomic mass is 19.1. The van der Waals surface area contributed by atoms with Crippen LogP contribution in [0.15, 0.2) is 61.2 Å². The quantitative estimate of drug-likeness (QED) is 0.589. The molecule has 164 valence electrons. The van der Waals surface area contributed by atoms with Gasteiger partial charge in [-0.1, -0.05) is 24.3 Å². The van der Waals surface area contributed by atoms with Crippen molar-refractivity contribution < 1.29 is 18.4 Å². The van der Waals surface area contributed by atoms with Gasteiger partial charge >= 0.3 is 6.03 Å². The van der Waals surface area contributed by atoms with E-state index in [0.717, 1.165) is 11.1 Å². The fourth-order valence-corrected chi connectivity index (χ4v) is 4.71. The molecule has 2 aliphatic heterocycles. The molecule has 2 aromatic carbocycles. The molecule has 9 heteroatoms. The van der Waals surface area contributed by atoms with Gasteiger partial charge in [-0.05, 0) is 48.2 Å². The summed E-state index contributed by atoms with van der Waals surface area (Å²) in [5, 5.41) is 3.89. The molecule has 1 aromatic heterocycles. The van der Waals surface area contributed by atoms with Crippen LogP contribution in [0.3, 0.4) is 0 Å². The van der Waals surface area contributed by atoms with Crippen molar-refractivity contribution in [3.05, 3.63) is 83.9 Å². The summed E-state index contributed by atoms with van der Waals surface area (Å²) in [6.07, 6.45) is 3.93. The topological polar surface area (TPSA) is 71.3 Å². The lowest BCUT2D eigenvalue weighted by molar-refractivity contribution is -0.156. The van der Waals surface area contributed by atoms with Crippen LogP contribution in [0, 0.1) is 11.6 Å². The molecule has 2 aliphatic rings. The van der Waals surface area contributed by atoms with Gasteiger partial charge in [-0.3, -0.25) is 4.79 Å². The van der Waals surface area contributed by atoms with E-state index in [4.69, 9.17) is 0 Å². The summed E-state index contributed by atoms with van der Waals surface area (Å²) in [5.41, 5.74) is 1.57. The summed E-state index contributed by atoms with van der Waals surface area (Å²) in [6, 6.07) is 11.6. The lowest BCUT2D eigenvalue weighted by Crippen LogP contribution is -2.60. The number of likely N-dealkylation sites (tertiary alicyclic amines) is 2. The third-order valence-electron chi connectivity index (χ3n) is 6.32. The molecular weight excluding hydrogens is 416 g/mol. The predicted octanol–water partition coefficient (Wildman–Crippen LogP) is 3.36. The number of halogens is 2. The molecule has 3 heterocycles. The Balaban J connectivity index is 1.36. The van der Waals surface area contributed by atoms with Crippen molar-refractivity contribution in [2.75, 3.05) is 13.1 Å². The highest BCUT2D eigenvalue weighted by Gasteiger charge is 2.52. The van der Waals surface area contributed by atoms with Crippen LogP contribution in [0.25, 0.3) is 0 Å². The SMILES string of the molecule is O=C1[C@H](c2ccc(F)cc2)[C@@H](c2ccc(F)cc2)N1C1CCN(C(=O)n2cncn2)CC1. The van der Waals surface area contributed by atoms with Crippen LogP contribution in [0.2, 0.25) is 0 Å². The summed E-state index contributed by atoms with van der Waals surface area (Å²) < 4.78 is 28.2. The molecule has 3 aromatic rings. The van der Waals surface area contributed by atoms with E-state index in [-0.39, 0.29) is 35.7 Å². The summed E-state index contributed by atoms with van der Waals surface area (Å²) in [4.78, 5) is 33.1. The number of aromatic nitrogens is 3. The number of nitrogens with zero attached hydrogens (tertiary/aromatic N) is 5. The predicted molar refractivity (Wildman–Crippen MR) is 111 cm³/mol. The molecule has 32 heavy (non-hydrogen) atoms. The van der Waals surface area contributed by atoms with E-state index in [2.05, 4.69) is 10.1 Å². The Bertz CT molecular complexity index is 1110. The van der Waals surface area contributed by atoms with Gasteiger partial charge in [0.05, 0.1) is 12.0 Å². The van der Waals surface area contributed by atoms with Crippen LogP contribution < -0.4 is 0 Å². The van der Waals surface area contributed by atoms with E-state index in [1.54, 1.807) is 29.2 Å². The minimum atomic E-state index is -0.448. The second-order valence-corrected chi connectivity index (χ2v) is 8.11. The molecular formula is C23H21F2N5O2. The van der Waals surface area contributed by atoms with Gasteiger partial charge < -0.3 is 9.80 Å². The van der Waals surface area contributed by atoms with Crippen molar-refractivity contribution in [1.82, 2.24) is 24.6 Å². The minimum absolute atomic E-state index is 0.0352. The van der Waals surface area contributed by atoms with E-state index in [1.807, 2.05) is 4.90 Å². The Morgan fingerprint density at radius 1 is 0.906 bits per heavy atom. The van der Waals surface area contributed by atoms with E-state index in [9.17, 15) is 18.4 Å². The zero-order valence-corrected chi connectivity index (χ0v) is 17.1. The molecule has 0 radical (unpaired) electrons. The normalized spacial score (nSPS) is 21.5. The Kier molecular flexibility index (Phi) is 5.16. The number of carbonyl (C=O) groups excluding carboxylic acids is 2. The molecule has 0 N–H and O–H groups in total. The van der Waals surface area contributed by atoms with E-state index in [0.29, 0.717) is 25.9 Å². The molecule has 7 nitrogen and oxygen atoms in total. The van der Waals surface area contributed by atoms with Crippen LogP contribution >= 0.6 is 0 Å². The first-order valence-electron chi connectivity index (χ1n) is 10.5. The number of benzene rings is 2. The van der Waals surface area contributed by atoms with Crippen molar-refractivity contribution in [3.63, 3.8) is 0 Å². The maximum absolute atomic E-state index is 13.5. The maximum atomic E-state index is 13.5. The molecule has 2 amide bonds. The number of hydrogen-bond donors (Lipinski definition) is 0.